The number of aryl methyl sites for hydroxylation is 2. The normalized spacial score (nSPS) is 19.6. The van der Waals surface area contributed by atoms with E-state index in [9.17, 15) is 18.3 Å². The van der Waals surface area contributed by atoms with Crippen molar-refractivity contribution >= 4 is 27.7 Å². The maximum Gasteiger partial charge on any atom is 0.241 e. The summed E-state index contributed by atoms with van der Waals surface area (Å²) in [4.78, 5) is 18.1. The Balaban J connectivity index is 1.15. The number of benzene rings is 4. The number of sulfonamides is 1. The predicted octanol–water partition coefficient (Wildman–Crippen LogP) is 6.01. The number of hydrogen-bond acceptors (Lipinski definition) is 8. The Morgan fingerprint density at radius 3 is 2.23 bits per heavy atom. The van der Waals surface area contributed by atoms with Crippen molar-refractivity contribution in [2.75, 3.05) is 5.75 Å². The molecule has 0 bridgehead atoms. The number of rotatable bonds is 14. The zero-order valence-corrected chi connectivity index (χ0v) is 31.0. The summed E-state index contributed by atoms with van der Waals surface area (Å²) in [6.45, 7) is 4.18. The number of carbonyl (C=O) groups is 1. The lowest BCUT2D eigenvalue weighted by Crippen LogP contribution is -2.47. The first-order chi connectivity index (χ1) is 25.1. The van der Waals surface area contributed by atoms with Crippen molar-refractivity contribution < 1.29 is 27.8 Å². The molecule has 5 aromatic rings. The first-order valence-electron chi connectivity index (χ1n) is 17.2. The van der Waals surface area contributed by atoms with Crippen LogP contribution in [0.2, 0.25) is 0 Å². The highest BCUT2D eigenvalue weighted by atomic mass is 32.2. The molecule has 5 atom stereocenters. The van der Waals surface area contributed by atoms with Gasteiger partial charge in [0.15, 0.2) is 11.4 Å². The lowest BCUT2D eigenvalue weighted by molar-refractivity contribution is -0.268. The summed E-state index contributed by atoms with van der Waals surface area (Å²) in [5.74, 6) is 0.282. The number of aromatic nitrogens is 2. The van der Waals surface area contributed by atoms with Crippen LogP contribution in [0.15, 0.2) is 126 Å². The molecule has 10 nitrogen and oxygen atoms in total. The number of amides is 1. The molecule has 1 aliphatic heterocycles. The quantitative estimate of drug-likeness (QED) is 0.118. The first-order valence-corrected chi connectivity index (χ1v) is 19.7. The highest BCUT2D eigenvalue weighted by molar-refractivity contribution is 7.99. The number of imidazole rings is 1. The van der Waals surface area contributed by atoms with Crippen LogP contribution in [0.3, 0.4) is 0 Å². The molecular weight excluding hydrogens is 697 g/mol. The second-order valence-electron chi connectivity index (χ2n) is 13.1. The van der Waals surface area contributed by atoms with Gasteiger partial charge < -0.3 is 24.5 Å². The van der Waals surface area contributed by atoms with Crippen molar-refractivity contribution in [3.8, 4) is 0 Å². The van der Waals surface area contributed by atoms with E-state index in [4.69, 9.17) is 9.47 Å². The molecule has 0 spiro atoms. The minimum absolute atomic E-state index is 0.0282. The van der Waals surface area contributed by atoms with Gasteiger partial charge in [-0.25, -0.2) is 13.4 Å². The van der Waals surface area contributed by atoms with Gasteiger partial charge in [-0.15, -0.1) is 0 Å². The van der Waals surface area contributed by atoms with E-state index in [0.717, 1.165) is 38.5 Å². The number of nitrogens with one attached hydrogen (secondary N) is 2. The van der Waals surface area contributed by atoms with Crippen LogP contribution in [0, 0.1) is 12.8 Å². The van der Waals surface area contributed by atoms with Crippen molar-refractivity contribution in [3.05, 3.63) is 149 Å². The molecule has 1 fully saturated rings. The van der Waals surface area contributed by atoms with Gasteiger partial charge in [-0.1, -0.05) is 115 Å². The van der Waals surface area contributed by atoms with Crippen LogP contribution in [0.5, 0.6) is 0 Å². The molecule has 1 aromatic heterocycles. The maximum absolute atomic E-state index is 13.5. The molecule has 3 N–H and O–H groups in total. The summed E-state index contributed by atoms with van der Waals surface area (Å²) >= 11 is 1.64. The molecule has 12 heteroatoms. The van der Waals surface area contributed by atoms with Crippen LogP contribution < -0.4 is 10.0 Å². The number of ether oxygens (including phenoxy) is 2. The van der Waals surface area contributed by atoms with E-state index in [1.807, 2.05) is 104 Å². The first kappa shape index (κ1) is 37.5. The molecule has 2 heterocycles. The van der Waals surface area contributed by atoms with Gasteiger partial charge in [0, 0.05) is 43.2 Å². The van der Waals surface area contributed by atoms with Gasteiger partial charge in [0.2, 0.25) is 15.9 Å². The highest BCUT2D eigenvalue weighted by Crippen LogP contribution is 2.43. The Morgan fingerprint density at radius 1 is 0.904 bits per heavy atom. The Labute approximate surface area is 309 Å². The second kappa shape index (κ2) is 17.0. The summed E-state index contributed by atoms with van der Waals surface area (Å²) in [6.07, 6.45) is 2.86. The van der Waals surface area contributed by atoms with Gasteiger partial charge in [-0.05, 0) is 47.7 Å². The third-order valence-corrected chi connectivity index (χ3v) is 11.9. The third-order valence-electron chi connectivity index (χ3n) is 9.22. The molecule has 0 saturated carbocycles. The van der Waals surface area contributed by atoms with Crippen molar-refractivity contribution in [3.63, 3.8) is 0 Å². The standard InChI is InChI=1S/C40H44N4O6S2/c1-27-9-19-34(20-10-27)52(47,48)43-35(23-29-7-5-4-6-8-29)38(46)42-24-30-11-17-33(18-12-30)39-49-36(26-51-40-41-21-22-44(40)3)28(2)37(50-39)32-15-13-31(25-45)14-16-32/h4-22,28,35-37,39,43,45H,23-26H2,1-3H3,(H,42,46). The van der Waals surface area contributed by atoms with E-state index >= 15 is 0 Å². The van der Waals surface area contributed by atoms with Gasteiger partial charge in [0.05, 0.1) is 23.7 Å². The smallest absolute Gasteiger partial charge is 0.241 e. The molecule has 1 aliphatic rings. The van der Waals surface area contributed by atoms with Gasteiger partial charge in [-0.2, -0.15) is 4.72 Å². The fourth-order valence-corrected chi connectivity index (χ4v) is 8.36. The molecule has 272 valence electrons. The summed E-state index contributed by atoms with van der Waals surface area (Å²) in [6, 6.07) is 30.3. The van der Waals surface area contributed by atoms with E-state index in [2.05, 4.69) is 21.9 Å². The lowest BCUT2D eigenvalue weighted by atomic mass is 9.91. The molecule has 1 saturated heterocycles. The molecule has 0 aliphatic carbocycles. The fraction of sp³-hybridized carbons (Fsp3) is 0.300. The number of nitrogens with zero attached hydrogens (tertiary/aromatic N) is 2. The predicted molar refractivity (Wildman–Crippen MR) is 201 cm³/mol. The largest absolute Gasteiger partial charge is 0.392 e. The van der Waals surface area contributed by atoms with Crippen molar-refractivity contribution in [2.24, 2.45) is 13.0 Å². The molecular formula is C40H44N4O6S2. The van der Waals surface area contributed by atoms with E-state index in [1.165, 1.54) is 12.1 Å². The maximum atomic E-state index is 13.5. The average molecular weight is 741 g/mol. The van der Waals surface area contributed by atoms with Crippen LogP contribution in [0.4, 0.5) is 0 Å². The SMILES string of the molecule is Cc1ccc(S(=O)(=O)NC(Cc2ccccc2)C(=O)NCc2ccc(C3OC(CSc4nccn4C)C(C)C(c4ccc(CO)cc4)O3)cc2)cc1. The molecule has 0 radical (unpaired) electrons. The average Bonchev–Trinajstić information content (AvgIpc) is 3.58. The number of thioether (sulfide) groups is 1. The Morgan fingerprint density at radius 2 is 1.58 bits per heavy atom. The minimum atomic E-state index is -3.95. The van der Waals surface area contributed by atoms with Crippen LogP contribution in [0.25, 0.3) is 0 Å². The van der Waals surface area contributed by atoms with Crippen LogP contribution in [0.1, 0.15) is 52.7 Å². The molecule has 4 aromatic carbocycles. The monoisotopic (exact) mass is 740 g/mol. The Hall–Kier alpha value is -4.30. The van der Waals surface area contributed by atoms with Crippen LogP contribution in [-0.4, -0.2) is 46.9 Å². The number of hydrogen-bond donors (Lipinski definition) is 3. The van der Waals surface area contributed by atoms with Gasteiger partial charge in [-0.3, -0.25) is 4.79 Å². The van der Waals surface area contributed by atoms with Gasteiger partial charge in [0.1, 0.15) is 6.04 Å². The van der Waals surface area contributed by atoms with E-state index in [0.29, 0.717) is 5.75 Å². The molecule has 5 unspecified atom stereocenters. The molecule has 52 heavy (non-hydrogen) atoms. The summed E-state index contributed by atoms with van der Waals surface area (Å²) in [5, 5.41) is 13.4. The van der Waals surface area contributed by atoms with E-state index < -0.39 is 28.3 Å². The molecule has 1 amide bonds. The van der Waals surface area contributed by atoms with Crippen LogP contribution >= 0.6 is 11.8 Å². The Kier molecular flexibility index (Phi) is 12.3. The summed E-state index contributed by atoms with van der Waals surface area (Å²) in [5.41, 5.74) is 5.28. The fourth-order valence-electron chi connectivity index (χ4n) is 6.07. The minimum Gasteiger partial charge on any atom is -0.392 e. The topological polar surface area (TPSA) is 132 Å². The summed E-state index contributed by atoms with van der Waals surface area (Å²) in [7, 11) is -1.99. The number of aliphatic hydroxyl groups is 1. The number of aliphatic hydroxyl groups excluding tert-OH is 1. The van der Waals surface area contributed by atoms with E-state index in [1.54, 1.807) is 30.1 Å². The van der Waals surface area contributed by atoms with Crippen LogP contribution in [-0.2, 0) is 50.9 Å². The van der Waals surface area contributed by atoms with Gasteiger partial charge >= 0.3 is 0 Å². The third kappa shape index (κ3) is 9.37. The lowest BCUT2D eigenvalue weighted by Gasteiger charge is -2.41. The zero-order chi connectivity index (χ0) is 36.7. The van der Waals surface area contributed by atoms with Gasteiger partial charge in [0.25, 0.3) is 0 Å². The zero-order valence-electron chi connectivity index (χ0n) is 29.4. The molecule has 6 rings (SSSR count). The van der Waals surface area contributed by atoms with E-state index in [-0.39, 0.29) is 42.6 Å². The van der Waals surface area contributed by atoms with Crippen molar-refractivity contribution in [1.29, 1.82) is 0 Å². The second-order valence-corrected chi connectivity index (χ2v) is 15.8. The Bertz CT molecular complexity index is 2020. The van der Waals surface area contributed by atoms with Crippen molar-refractivity contribution in [1.82, 2.24) is 19.6 Å². The summed E-state index contributed by atoms with van der Waals surface area (Å²) < 4.78 is 44.4. The highest BCUT2D eigenvalue weighted by Gasteiger charge is 2.38. The number of carbonyl (C=O) groups excluding carboxylic acids is 1. The van der Waals surface area contributed by atoms with Crippen molar-refractivity contribution in [2.45, 2.75) is 68.0 Å².